The highest BCUT2D eigenvalue weighted by molar-refractivity contribution is 5.99. The third-order valence-corrected chi connectivity index (χ3v) is 5.29. The normalized spacial score (nSPS) is 13.5. The number of rotatable bonds is 5. The molecule has 0 spiro atoms. The first-order valence-corrected chi connectivity index (χ1v) is 10.8. The van der Waals surface area contributed by atoms with Crippen molar-refractivity contribution in [2.45, 2.75) is 6.92 Å². The fraction of sp³-hybridized carbons (Fsp3) is 0.217. The number of amides is 2. The van der Waals surface area contributed by atoms with Crippen LogP contribution in [0.4, 0.5) is 22.1 Å². The van der Waals surface area contributed by atoms with E-state index >= 15 is 0 Å². The van der Waals surface area contributed by atoms with Crippen LogP contribution in [0.3, 0.4) is 0 Å². The van der Waals surface area contributed by atoms with Crippen molar-refractivity contribution in [2.24, 2.45) is 0 Å². The number of morpholine rings is 1. The molecule has 3 aromatic heterocycles. The molecule has 2 amide bonds. The third-order valence-electron chi connectivity index (χ3n) is 5.29. The van der Waals surface area contributed by atoms with Gasteiger partial charge in [-0.05, 0) is 43.3 Å². The molecule has 1 aliphatic rings. The van der Waals surface area contributed by atoms with Crippen LogP contribution in [-0.2, 0) is 4.74 Å². The minimum Gasteiger partial charge on any atom is -0.378 e. The van der Waals surface area contributed by atoms with Crippen LogP contribution < -0.4 is 15.5 Å². The Morgan fingerprint density at radius 3 is 2.24 bits per heavy atom. The first kappa shape index (κ1) is 21.5. The number of benzene rings is 1. The van der Waals surface area contributed by atoms with Crippen LogP contribution in [-0.4, -0.2) is 61.8 Å². The number of nitrogens with zero attached hydrogens (tertiary/aromatic N) is 7. The van der Waals surface area contributed by atoms with Gasteiger partial charge in [-0.25, -0.2) is 9.78 Å². The van der Waals surface area contributed by atoms with Gasteiger partial charge in [0.2, 0.25) is 11.9 Å². The van der Waals surface area contributed by atoms with E-state index in [1.54, 1.807) is 30.7 Å². The molecular formula is C23H23N9O2. The number of urea groups is 1. The van der Waals surface area contributed by atoms with E-state index in [4.69, 9.17) is 9.72 Å². The molecule has 1 saturated heterocycles. The van der Waals surface area contributed by atoms with E-state index < -0.39 is 0 Å². The maximum Gasteiger partial charge on any atom is 0.323 e. The predicted molar refractivity (Wildman–Crippen MR) is 127 cm³/mol. The maximum atomic E-state index is 12.3. The average molecular weight is 457 g/mol. The van der Waals surface area contributed by atoms with Crippen molar-refractivity contribution < 1.29 is 9.53 Å². The first-order valence-electron chi connectivity index (χ1n) is 10.8. The van der Waals surface area contributed by atoms with Crippen LogP contribution >= 0.6 is 0 Å². The van der Waals surface area contributed by atoms with E-state index in [-0.39, 0.29) is 6.03 Å². The number of hydrogen-bond donors (Lipinski definition) is 2. The van der Waals surface area contributed by atoms with Gasteiger partial charge < -0.3 is 20.3 Å². The summed E-state index contributed by atoms with van der Waals surface area (Å²) < 4.78 is 7.30. The molecule has 11 heteroatoms. The molecule has 0 atom stereocenters. The Morgan fingerprint density at radius 1 is 0.882 bits per heavy atom. The second-order valence-electron chi connectivity index (χ2n) is 7.60. The molecule has 1 aliphatic heterocycles. The largest absolute Gasteiger partial charge is 0.378 e. The molecule has 172 valence electrons. The molecule has 34 heavy (non-hydrogen) atoms. The van der Waals surface area contributed by atoms with Crippen molar-refractivity contribution in [3.8, 4) is 17.3 Å². The predicted octanol–water partition coefficient (Wildman–Crippen LogP) is 2.91. The third kappa shape index (κ3) is 4.84. The van der Waals surface area contributed by atoms with Crippen LogP contribution in [0, 0.1) is 6.92 Å². The fourth-order valence-corrected chi connectivity index (χ4v) is 3.52. The topological polar surface area (TPSA) is 123 Å². The number of imidazole rings is 1. The molecule has 4 aromatic rings. The highest BCUT2D eigenvalue weighted by Gasteiger charge is 2.18. The second kappa shape index (κ2) is 9.63. The van der Waals surface area contributed by atoms with Crippen molar-refractivity contribution in [1.82, 2.24) is 29.5 Å². The fourth-order valence-electron chi connectivity index (χ4n) is 3.52. The Kier molecular flexibility index (Phi) is 6.08. The van der Waals surface area contributed by atoms with Gasteiger partial charge in [0.1, 0.15) is 5.82 Å². The molecule has 0 bridgehead atoms. The monoisotopic (exact) mass is 457 g/mol. The summed E-state index contributed by atoms with van der Waals surface area (Å²) in [7, 11) is 0. The van der Waals surface area contributed by atoms with Gasteiger partial charge in [0, 0.05) is 54.8 Å². The van der Waals surface area contributed by atoms with Crippen LogP contribution in [0.25, 0.3) is 17.3 Å². The minimum atomic E-state index is -0.341. The second-order valence-corrected chi connectivity index (χ2v) is 7.60. The molecule has 0 saturated carbocycles. The van der Waals surface area contributed by atoms with E-state index in [0.29, 0.717) is 55.4 Å². The van der Waals surface area contributed by atoms with Gasteiger partial charge in [-0.1, -0.05) is 0 Å². The molecule has 5 rings (SSSR count). The Balaban J connectivity index is 1.40. The number of aryl methyl sites for hydroxylation is 1. The van der Waals surface area contributed by atoms with E-state index in [2.05, 4.69) is 35.5 Å². The molecule has 0 aliphatic carbocycles. The van der Waals surface area contributed by atoms with Crippen molar-refractivity contribution in [2.75, 3.05) is 41.8 Å². The lowest BCUT2D eigenvalue weighted by Crippen LogP contribution is -2.37. The van der Waals surface area contributed by atoms with Crippen molar-refractivity contribution in [3.63, 3.8) is 0 Å². The number of carbonyl (C=O) groups excluding carboxylic acids is 1. The van der Waals surface area contributed by atoms with E-state index in [1.165, 1.54) is 0 Å². The van der Waals surface area contributed by atoms with E-state index in [9.17, 15) is 4.79 Å². The number of hydrogen-bond acceptors (Lipinski definition) is 8. The molecule has 1 fully saturated rings. The molecular weight excluding hydrogens is 434 g/mol. The molecule has 4 heterocycles. The molecule has 2 N–H and O–H groups in total. The quantitative estimate of drug-likeness (QED) is 0.469. The van der Waals surface area contributed by atoms with Gasteiger partial charge in [0.15, 0.2) is 5.82 Å². The van der Waals surface area contributed by atoms with Gasteiger partial charge in [-0.3, -0.25) is 9.55 Å². The molecule has 1 aromatic carbocycles. The van der Waals surface area contributed by atoms with Gasteiger partial charge in [-0.15, -0.1) is 0 Å². The zero-order valence-corrected chi connectivity index (χ0v) is 18.5. The number of carbonyl (C=O) groups is 1. The minimum absolute atomic E-state index is 0.341. The number of pyridine rings is 1. The Morgan fingerprint density at radius 2 is 1.56 bits per heavy atom. The highest BCUT2D eigenvalue weighted by Crippen LogP contribution is 2.22. The summed E-state index contributed by atoms with van der Waals surface area (Å²) in [4.78, 5) is 36.7. The SMILES string of the molecule is Cc1nccn1-c1nc(-c2ccc(NC(=O)Nc3ccncc3)cc2)nc(N2CCOCC2)n1. The summed E-state index contributed by atoms with van der Waals surface area (Å²) in [5.41, 5.74) is 2.10. The summed E-state index contributed by atoms with van der Waals surface area (Å²) in [6.07, 6.45) is 6.77. The number of aromatic nitrogens is 6. The Bertz CT molecular complexity index is 1270. The maximum absolute atomic E-state index is 12.3. The van der Waals surface area contributed by atoms with Crippen LogP contribution in [0.5, 0.6) is 0 Å². The number of anilines is 3. The van der Waals surface area contributed by atoms with Crippen molar-refractivity contribution in [1.29, 1.82) is 0 Å². The first-order chi connectivity index (χ1) is 16.7. The zero-order chi connectivity index (χ0) is 23.3. The highest BCUT2D eigenvalue weighted by atomic mass is 16.5. The summed E-state index contributed by atoms with van der Waals surface area (Å²) in [5, 5.41) is 5.58. The number of nitrogens with one attached hydrogen (secondary N) is 2. The molecule has 0 unspecified atom stereocenters. The van der Waals surface area contributed by atoms with Crippen molar-refractivity contribution >= 4 is 23.4 Å². The van der Waals surface area contributed by atoms with Crippen LogP contribution in [0.1, 0.15) is 5.82 Å². The van der Waals surface area contributed by atoms with Gasteiger partial charge in [0.25, 0.3) is 0 Å². The average Bonchev–Trinajstić information content (AvgIpc) is 3.31. The summed E-state index contributed by atoms with van der Waals surface area (Å²) in [5.74, 6) is 2.41. The Labute approximate surface area is 195 Å². The van der Waals surface area contributed by atoms with Crippen molar-refractivity contribution in [3.05, 3.63) is 67.0 Å². The lowest BCUT2D eigenvalue weighted by atomic mass is 10.2. The van der Waals surface area contributed by atoms with Gasteiger partial charge in [0.05, 0.1) is 13.2 Å². The number of ether oxygens (including phenoxy) is 1. The standard InChI is InChI=1S/C23H23N9O2/c1-16-25-10-11-32(16)22-29-20(28-21(30-22)31-12-14-34-15-13-31)17-2-4-18(5-3-17)26-23(33)27-19-6-8-24-9-7-19/h2-11H,12-15H2,1H3,(H2,24,26,27,33). The van der Waals surface area contributed by atoms with Gasteiger partial charge >= 0.3 is 6.03 Å². The lowest BCUT2D eigenvalue weighted by Gasteiger charge is -2.27. The molecule has 11 nitrogen and oxygen atoms in total. The van der Waals surface area contributed by atoms with E-state index in [1.807, 2.05) is 42.0 Å². The zero-order valence-electron chi connectivity index (χ0n) is 18.5. The van der Waals surface area contributed by atoms with Crippen LogP contribution in [0.15, 0.2) is 61.2 Å². The summed E-state index contributed by atoms with van der Waals surface area (Å²) >= 11 is 0. The lowest BCUT2D eigenvalue weighted by molar-refractivity contribution is 0.122. The van der Waals surface area contributed by atoms with Gasteiger partial charge in [-0.2, -0.15) is 15.0 Å². The van der Waals surface area contributed by atoms with E-state index in [0.717, 1.165) is 11.4 Å². The summed E-state index contributed by atoms with van der Waals surface area (Å²) in [6.45, 7) is 4.57. The Hall–Kier alpha value is -4.38. The molecule has 0 radical (unpaired) electrons. The smallest absolute Gasteiger partial charge is 0.323 e. The van der Waals surface area contributed by atoms with Crippen LogP contribution in [0.2, 0.25) is 0 Å². The summed E-state index contributed by atoms with van der Waals surface area (Å²) in [6, 6.07) is 10.4.